The lowest BCUT2D eigenvalue weighted by atomic mass is 10.2. The van der Waals surface area contributed by atoms with Crippen molar-refractivity contribution in [1.29, 1.82) is 0 Å². The van der Waals surface area contributed by atoms with Crippen molar-refractivity contribution < 1.29 is 0 Å². The number of nitrogens with one attached hydrogen (secondary N) is 1. The SMILES string of the molecule is CCn1c(-c2cnc(C)nc2)nc2c(NC3Cc4nnc(C5CC5)n4C3)ncnc21. The van der Waals surface area contributed by atoms with Crippen molar-refractivity contribution in [3.8, 4) is 11.4 Å². The molecule has 0 bridgehead atoms. The number of rotatable bonds is 5. The van der Waals surface area contributed by atoms with Crippen molar-refractivity contribution in [2.24, 2.45) is 0 Å². The molecule has 0 spiro atoms. The zero-order valence-electron chi connectivity index (χ0n) is 16.9. The van der Waals surface area contributed by atoms with E-state index in [0.717, 1.165) is 65.4 Å². The van der Waals surface area contributed by atoms with E-state index < -0.39 is 0 Å². The van der Waals surface area contributed by atoms with Crippen LogP contribution in [-0.4, -0.2) is 50.3 Å². The van der Waals surface area contributed by atoms with Gasteiger partial charge in [0.05, 0.1) is 11.6 Å². The summed E-state index contributed by atoms with van der Waals surface area (Å²) in [5.74, 6) is 5.07. The van der Waals surface area contributed by atoms with Crippen molar-refractivity contribution in [2.45, 2.75) is 58.2 Å². The van der Waals surface area contributed by atoms with Gasteiger partial charge in [0.1, 0.15) is 29.6 Å². The van der Waals surface area contributed by atoms with Crippen LogP contribution >= 0.6 is 0 Å². The summed E-state index contributed by atoms with van der Waals surface area (Å²) < 4.78 is 4.35. The van der Waals surface area contributed by atoms with E-state index in [9.17, 15) is 0 Å². The van der Waals surface area contributed by atoms with Gasteiger partial charge in [0, 0.05) is 37.8 Å². The van der Waals surface area contributed by atoms with Gasteiger partial charge in [-0.25, -0.2) is 24.9 Å². The topological polar surface area (TPSA) is 112 Å². The largest absolute Gasteiger partial charge is 0.363 e. The van der Waals surface area contributed by atoms with Gasteiger partial charge in [-0.2, -0.15) is 0 Å². The third-order valence-electron chi connectivity index (χ3n) is 5.86. The van der Waals surface area contributed by atoms with Gasteiger partial charge >= 0.3 is 0 Å². The van der Waals surface area contributed by atoms with Crippen LogP contribution in [0.1, 0.15) is 43.2 Å². The minimum atomic E-state index is 0.212. The Morgan fingerprint density at radius 2 is 1.93 bits per heavy atom. The Morgan fingerprint density at radius 3 is 2.70 bits per heavy atom. The van der Waals surface area contributed by atoms with E-state index in [1.54, 1.807) is 18.7 Å². The molecule has 4 aromatic heterocycles. The van der Waals surface area contributed by atoms with Gasteiger partial charge in [0.2, 0.25) is 0 Å². The van der Waals surface area contributed by atoms with Crippen LogP contribution in [0.15, 0.2) is 18.7 Å². The van der Waals surface area contributed by atoms with Gasteiger partial charge in [-0.05, 0) is 26.7 Å². The van der Waals surface area contributed by atoms with E-state index in [-0.39, 0.29) is 6.04 Å². The molecule has 6 rings (SSSR count). The minimum absolute atomic E-state index is 0.212. The Balaban J connectivity index is 1.34. The number of aromatic nitrogens is 9. The lowest BCUT2D eigenvalue weighted by Gasteiger charge is -2.13. The highest BCUT2D eigenvalue weighted by atomic mass is 15.3. The number of hydrogen-bond donors (Lipinski definition) is 1. The Morgan fingerprint density at radius 1 is 1.10 bits per heavy atom. The maximum atomic E-state index is 4.88. The van der Waals surface area contributed by atoms with Crippen LogP contribution < -0.4 is 5.32 Å². The fourth-order valence-corrected chi connectivity index (χ4v) is 4.21. The quantitative estimate of drug-likeness (QED) is 0.540. The van der Waals surface area contributed by atoms with E-state index >= 15 is 0 Å². The van der Waals surface area contributed by atoms with Crippen molar-refractivity contribution in [1.82, 2.24) is 44.3 Å². The third-order valence-corrected chi connectivity index (χ3v) is 5.86. The van der Waals surface area contributed by atoms with E-state index in [1.807, 2.05) is 6.92 Å². The molecule has 2 aliphatic rings. The number of nitrogens with zero attached hydrogens (tertiary/aromatic N) is 9. The molecule has 0 radical (unpaired) electrons. The molecule has 0 saturated heterocycles. The molecule has 1 fully saturated rings. The van der Waals surface area contributed by atoms with Crippen LogP contribution in [0.25, 0.3) is 22.6 Å². The summed E-state index contributed by atoms with van der Waals surface area (Å²) >= 11 is 0. The number of hydrogen-bond acceptors (Lipinski definition) is 8. The molecule has 0 aromatic carbocycles. The molecule has 152 valence electrons. The van der Waals surface area contributed by atoms with Crippen molar-refractivity contribution in [3.63, 3.8) is 0 Å². The molecule has 1 aliphatic heterocycles. The van der Waals surface area contributed by atoms with Gasteiger partial charge in [0.25, 0.3) is 0 Å². The van der Waals surface area contributed by atoms with Crippen molar-refractivity contribution in [3.05, 3.63) is 36.2 Å². The first kappa shape index (κ1) is 17.4. The Bertz CT molecular complexity index is 1230. The summed E-state index contributed by atoms with van der Waals surface area (Å²) in [6.07, 6.45) is 8.49. The highest BCUT2D eigenvalue weighted by Gasteiger charge is 2.34. The molecule has 1 unspecified atom stereocenters. The Labute approximate surface area is 172 Å². The van der Waals surface area contributed by atoms with Gasteiger partial charge < -0.3 is 14.5 Å². The van der Waals surface area contributed by atoms with Crippen molar-refractivity contribution in [2.75, 3.05) is 5.32 Å². The molecule has 1 aliphatic carbocycles. The van der Waals surface area contributed by atoms with Crippen LogP contribution in [0.3, 0.4) is 0 Å². The average molecular weight is 402 g/mol. The first-order valence-corrected chi connectivity index (χ1v) is 10.4. The number of aryl methyl sites for hydroxylation is 2. The highest BCUT2D eigenvalue weighted by Crippen LogP contribution is 2.40. The van der Waals surface area contributed by atoms with Crippen LogP contribution in [0.2, 0.25) is 0 Å². The van der Waals surface area contributed by atoms with E-state index in [4.69, 9.17) is 4.98 Å². The van der Waals surface area contributed by atoms with Gasteiger partial charge in [-0.3, -0.25) is 0 Å². The molecule has 10 heteroatoms. The standard InChI is InChI=1S/C20H22N10/c1-3-29-18(13-7-21-11(2)22-8-13)26-16-17(23-10-24-20(16)29)25-14-6-15-27-28-19(12-4-5-12)30(15)9-14/h7-8,10,12,14H,3-6,9H2,1-2H3,(H,23,24,25). The molecular weight excluding hydrogens is 380 g/mol. The van der Waals surface area contributed by atoms with Gasteiger partial charge in [-0.15, -0.1) is 10.2 Å². The molecule has 30 heavy (non-hydrogen) atoms. The summed E-state index contributed by atoms with van der Waals surface area (Å²) in [4.78, 5) is 22.5. The van der Waals surface area contributed by atoms with Crippen LogP contribution in [0, 0.1) is 6.92 Å². The monoisotopic (exact) mass is 402 g/mol. The molecule has 5 heterocycles. The zero-order valence-corrected chi connectivity index (χ0v) is 16.9. The fourth-order valence-electron chi connectivity index (χ4n) is 4.21. The summed E-state index contributed by atoms with van der Waals surface area (Å²) in [7, 11) is 0. The Kier molecular flexibility index (Phi) is 3.80. The smallest absolute Gasteiger partial charge is 0.165 e. The Hall–Kier alpha value is -3.43. The molecule has 0 amide bonds. The molecular formula is C20H22N10. The maximum Gasteiger partial charge on any atom is 0.165 e. The molecule has 10 nitrogen and oxygen atoms in total. The summed E-state index contributed by atoms with van der Waals surface area (Å²) in [6, 6.07) is 0.212. The van der Waals surface area contributed by atoms with E-state index in [1.165, 1.54) is 12.8 Å². The second-order valence-corrected chi connectivity index (χ2v) is 8.00. The molecule has 1 N–H and O–H groups in total. The molecule has 4 aromatic rings. The fraction of sp³-hybridized carbons (Fsp3) is 0.450. The second kappa shape index (κ2) is 6.54. The van der Waals surface area contributed by atoms with Gasteiger partial charge in [0.15, 0.2) is 17.0 Å². The van der Waals surface area contributed by atoms with Crippen molar-refractivity contribution >= 4 is 17.0 Å². The third kappa shape index (κ3) is 2.74. The van der Waals surface area contributed by atoms with Crippen LogP contribution in [0.4, 0.5) is 5.82 Å². The normalized spacial score (nSPS) is 18.1. The van der Waals surface area contributed by atoms with Crippen LogP contribution in [0.5, 0.6) is 0 Å². The zero-order chi connectivity index (χ0) is 20.2. The highest BCUT2D eigenvalue weighted by molar-refractivity contribution is 5.86. The average Bonchev–Trinajstić information content (AvgIpc) is 3.23. The van der Waals surface area contributed by atoms with E-state index in [2.05, 4.69) is 51.5 Å². The predicted molar refractivity (Wildman–Crippen MR) is 110 cm³/mol. The first-order chi connectivity index (χ1) is 14.7. The van der Waals surface area contributed by atoms with Crippen LogP contribution in [-0.2, 0) is 19.5 Å². The lowest BCUT2D eigenvalue weighted by Crippen LogP contribution is -2.22. The van der Waals surface area contributed by atoms with Gasteiger partial charge in [-0.1, -0.05) is 0 Å². The number of imidazole rings is 1. The lowest BCUT2D eigenvalue weighted by molar-refractivity contribution is 0.638. The predicted octanol–water partition coefficient (Wildman–Crippen LogP) is 2.12. The first-order valence-electron chi connectivity index (χ1n) is 10.4. The number of anilines is 1. The molecule has 1 saturated carbocycles. The summed E-state index contributed by atoms with van der Waals surface area (Å²) in [6.45, 7) is 5.55. The second-order valence-electron chi connectivity index (χ2n) is 8.00. The molecule has 1 atom stereocenters. The summed E-state index contributed by atoms with van der Waals surface area (Å²) in [5.41, 5.74) is 2.44. The van der Waals surface area contributed by atoms with E-state index in [0.29, 0.717) is 5.92 Å². The maximum absolute atomic E-state index is 4.88. The number of fused-ring (bicyclic) bond motifs is 2. The minimum Gasteiger partial charge on any atom is -0.363 e. The summed E-state index contributed by atoms with van der Waals surface area (Å²) in [5, 5.41) is 12.4.